The van der Waals surface area contributed by atoms with Crippen molar-refractivity contribution in [3.63, 3.8) is 0 Å². The normalized spacial score (nSPS) is 13.6. The van der Waals surface area contributed by atoms with Crippen molar-refractivity contribution in [2.75, 3.05) is 6.54 Å². The molecule has 1 aliphatic rings. The second kappa shape index (κ2) is 7.95. The molecule has 0 spiro atoms. The molecule has 3 heterocycles. The number of benzene rings is 2. The number of hydrogen-bond acceptors (Lipinski definition) is 4. The molecule has 0 aliphatic carbocycles. The molecule has 2 aromatic heterocycles. The number of nitrogens with zero attached hydrogens (tertiary/aromatic N) is 3. The Kier molecular flexibility index (Phi) is 5.01. The van der Waals surface area contributed by atoms with Crippen LogP contribution in [0.25, 0.3) is 10.9 Å². The van der Waals surface area contributed by atoms with Gasteiger partial charge in [-0.1, -0.05) is 41.9 Å². The number of aryl methyl sites for hydroxylation is 1. The molecule has 5 rings (SSSR count). The molecule has 1 N–H and O–H groups in total. The number of fused-ring (bicyclic) bond motifs is 2. The summed E-state index contributed by atoms with van der Waals surface area (Å²) in [6, 6.07) is 14.0. The van der Waals surface area contributed by atoms with E-state index in [9.17, 15) is 4.79 Å². The van der Waals surface area contributed by atoms with Crippen LogP contribution in [0.3, 0.4) is 0 Å². The van der Waals surface area contributed by atoms with Crippen LogP contribution in [0.5, 0.6) is 0 Å². The van der Waals surface area contributed by atoms with Gasteiger partial charge in [0.2, 0.25) is 17.7 Å². The Morgan fingerprint density at radius 3 is 2.93 bits per heavy atom. The van der Waals surface area contributed by atoms with E-state index in [-0.39, 0.29) is 5.91 Å². The predicted molar refractivity (Wildman–Crippen MR) is 114 cm³/mol. The second-order valence-electron chi connectivity index (χ2n) is 7.57. The first-order valence-corrected chi connectivity index (χ1v) is 10.5. The zero-order chi connectivity index (χ0) is 20.5. The highest BCUT2D eigenvalue weighted by molar-refractivity contribution is 6.31. The topological polar surface area (TPSA) is 75.0 Å². The molecule has 0 radical (unpaired) electrons. The Balaban J connectivity index is 1.19. The smallest absolute Gasteiger partial charge is 0.223 e. The Bertz CT molecular complexity index is 1210. The van der Waals surface area contributed by atoms with Crippen molar-refractivity contribution in [2.24, 2.45) is 0 Å². The number of carbonyl (C=O) groups excluding carboxylic acids is 1. The van der Waals surface area contributed by atoms with Crippen molar-refractivity contribution in [1.29, 1.82) is 0 Å². The number of H-pyrrole nitrogens is 1. The van der Waals surface area contributed by atoms with Gasteiger partial charge in [-0.25, -0.2) is 0 Å². The van der Waals surface area contributed by atoms with Crippen LogP contribution in [0.4, 0.5) is 0 Å². The number of rotatable bonds is 5. The third-order valence-electron chi connectivity index (χ3n) is 5.64. The standard InChI is InChI=1S/C23H21ClN4O2/c24-19-6-3-4-15-14-28(11-10-17(15)19)23(29)9-8-21-26-27-22(30-21)12-16-13-25-20-7-2-1-5-18(16)20/h1-7,13,25H,8-12,14H2. The Morgan fingerprint density at radius 1 is 1.13 bits per heavy atom. The number of amides is 1. The monoisotopic (exact) mass is 420 g/mol. The van der Waals surface area contributed by atoms with Gasteiger partial charge in [0.1, 0.15) is 0 Å². The fourth-order valence-electron chi connectivity index (χ4n) is 4.05. The van der Waals surface area contributed by atoms with E-state index in [1.165, 1.54) is 0 Å². The summed E-state index contributed by atoms with van der Waals surface area (Å²) in [5.74, 6) is 1.15. The second-order valence-corrected chi connectivity index (χ2v) is 7.98. The van der Waals surface area contributed by atoms with Crippen molar-refractivity contribution < 1.29 is 9.21 Å². The Labute approximate surface area is 178 Å². The van der Waals surface area contributed by atoms with Gasteiger partial charge in [0.25, 0.3) is 0 Å². The fraction of sp³-hybridized carbons (Fsp3) is 0.261. The van der Waals surface area contributed by atoms with Crippen LogP contribution in [0, 0.1) is 0 Å². The van der Waals surface area contributed by atoms with E-state index in [0.29, 0.717) is 44.1 Å². The average Bonchev–Trinajstić information content (AvgIpc) is 3.39. The van der Waals surface area contributed by atoms with Gasteiger partial charge in [0.05, 0.1) is 6.42 Å². The van der Waals surface area contributed by atoms with Crippen LogP contribution in [-0.2, 0) is 30.6 Å². The van der Waals surface area contributed by atoms with E-state index < -0.39 is 0 Å². The largest absolute Gasteiger partial charge is 0.425 e. The third-order valence-corrected chi connectivity index (χ3v) is 5.99. The average molecular weight is 421 g/mol. The number of carbonyl (C=O) groups is 1. The number of hydrogen-bond donors (Lipinski definition) is 1. The molecule has 0 fully saturated rings. The quantitative estimate of drug-likeness (QED) is 0.522. The van der Waals surface area contributed by atoms with Crippen LogP contribution >= 0.6 is 11.6 Å². The lowest BCUT2D eigenvalue weighted by molar-refractivity contribution is -0.132. The summed E-state index contributed by atoms with van der Waals surface area (Å²) < 4.78 is 5.79. The molecule has 4 aromatic rings. The zero-order valence-electron chi connectivity index (χ0n) is 16.4. The molecule has 0 bridgehead atoms. The van der Waals surface area contributed by atoms with Crippen LogP contribution < -0.4 is 0 Å². The van der Waals surface area contributed by atoms with Crippen LogP contribution in [0.15, 0.2) is 53.1 Å². The van der Waals surface area contributed by atoms with E-state index in [1.807, 2.05) is 47.5 Å². The molecule has 1 aliphatic heterocycles. The molecule has 0 unspecified atom stereocenters. The molecule has 30 heavy (non-hydrogen) atoms. The third kappa shape index (κ3) is 3.71. The Hall–Kier alpha value is -3.12. The highest BCUT2D eigenvalue weighted by atomic mass is 35.5. The van der Waals surface area contributed by atoms with Gasteiger partial charge in [0.15, 0.2) is 0 Å². The van der Waals surface area contributed by atoms with Gasteiger partial charge in [0, 0.05) is 48.1 Å². The van der Waals surface area contributed by atoms with Gasteiger partial charge in [-0.05, 0) is 35.2 Å². The van der Waals surface area contributed by atoms with Gasteiger partial charge < -0.3 is 14.3 Å². The first kappa shape index (κ1) is 18.9. The molecule has 0 saturated carbocycles. The SMILES string of the molecule is O=C(CCc1nnc(Cc2c[nH]c3ccccc23)o1)N1CCc2c(Cl)cccc2C1. The van der Waals surface area contributed by atoms with E-state index >= 15 is 0 Å². The summed E-state index contributed by atoms with van der Waals surface area (Å²) >= 11 is 6.26. The van der Waals surface area contributed by atoms with Gasteiger partial charge in [-0.15, -0.1) is 10.2 Å². The van der Waals surface area contributed by atoms with Crippen molar-refractivity contribution in [3.8, 4) is 0 Å². The molecule has 6 nitrogen and oxygen atoms in total. The lowest BCUT2D eigenvalue weighted by atomic mass is 9.99. The number of aromatic amines is 1. The van der Waals surface area contributed by atoms with Gasteiger partial charge >= 0.3 is 0 Å². The molecule has 1 amide bonds. The van der Waals surface area contributed by atoms with Gasteiger partial charge in [-0.2, -0.15) is 0 Å². The summed E-state index contributed by atoms with van der Waals surface area (Å²) in [5, 5.41) is 10.2. The summed E-state index contributed by atoms with van der Waals surface area (Å²) in [5.41, 5.74) is 4.48. The highest BCUT2D eigenvalue weighted by Crippen LogP contribution is 2.26. The summed E-state index contributed by atoms with van der Waals surface area (Å²) in [4.78, 5) is 17.8. The Morgan fingerprint density at radius 2 is 2.00 bits per heavy atom. The van der Waals surface area contributed by atoms with E-state index in [2.05, 4.69) is 21.2 Å². The lowest BCUT2D eigenvalue weighted by Crippen LogP contribution is -2.36. The zero-order valence-corrected chi connectivity index (χ0v) is 17.2. The molecule has 0 saturated heterocycles. The molecule has 152 valence electrons. The summed E-state index contributed by atoms with van der Waals surface area (Å²) in [6.07, 6.45) is 4.12. The summed E-state index contributed by atoms with van der Waals surface area (Å²) in [6.45, 7) is 1.29. The maximum Gasteiger partial charge on any atom is 0.223 e. The number of para-hydroxylation sites is 1. The lowest BCUT2D eigenvalue weighted by Gasteiger charge is -2.29. The number of nitrogens with one attached hydrogen (secondary N) is 1. The first-order chi connectivity index (χ1) is 14.7. The van der Waals surface area contributed by atoms with Crippen molar-refractivity contribution >= 4 is 28.4 Å². The number of halogens is 1. The van der Waals surface area contributed by atoms with Crippen molar-refractivity contribution in [1.82, 2.24) is 20.1 Å². The van der Waals surface area contributed by atoms with Gasteiger partial charge in [-0.3, -0.25) is 4.79 Å². The van der Waals surface area contributed by atoms with E-state index in [4.69, 9.17) is 16.0 Å². The number of aromatic nitrogens is 3. The molecule has 7 heteroatoms. The minimum Gasteiger partial charge on any atom is -0.425 e. The van der Waals surface area contributed by atoms with Crippen LogP contribution in [0.1, 0.15) is 34.9 Å². The minimum atomic E-state index is 0.0944. The minimum absolute atomic E-state index is 0.0944. The van der Waals surface area contributed by atoms with Crippen molar-refractivity contribution in [2.45, 2.75) is 32.2 Å². The van der Waals surface area contributed by atoms with E-state index in [1.54, 1.807) is 0 Å². The molecule has 2 aromatic carbocycles. The molecular formula is C23H21ClN4O2. The maximum absolute atomic E-state index is 12.7. The maximum atomic E-state index is 12.7. The molecular weight excluding hydrogens is 400 g/mol. The first-order valence-electron chi connectivity index (χ1n) is 10.1. The fourth-order valence-corrected chi connectivity index (χ4v) is 4.34. The van der Waals surface area contributed by atoms with Crippen molar-refractivity contribution in [3.05, 3.63) is 82.2 Å². The van der Waals surface area contributed by atoms with E-state index in [0.717, 1.165) is 39.0 Å². The highest BCUT2D eigenvalue weighted by Gasteiger charge is 2.22. The summed E-state index contributed by atoms with van der Waals surface area (Å²) in [7, 11) is 0. The molecule has 0 atom stereocenters. The predicted octanol–water partition coefficient (Wildman–Crippen LogP) is 4.31. The van der Waals surface area contributed by atoms with Crippen LogP contribution in [-0.4, -0.2) is 32.5 Å². The van der Waals surface area contributed by atoms with Crippen LogP contribution in [0.2, 0.25) is 5.02 Å².